The van der Waals surface area contributed by atoms with Crippen molar-refractivity contribution in [3.63, 3.8) is 0 Å². The molecular formula is C26H31BrO2. The average Bonchev–Trinajstić information content (AvgIpc) is 2.95. The minimum atomic E-state index is -0.196. The number of allylic oxidation sites excluding steroid dienone is 2. The Hall–Kier alpha value is -1.19. The molecule has 0 bridgehead atoms. The third-order valence-corrected chi connectivity index (χ3v) is 9.46. The van der Waals surface area contributed by atoms with Gasteiger partial charge < -0.3 is 5.11 Å². The summed E-state index contributed by atoms with van der Waals surface area (Å²) in [5, 5.41) is 10.2. The van der Waals surface area contributed by atoms with Crippen molar-refractivity contribution in [1.29, 1.82) is 0 Å². The van der Waals surface area contributed by atoms with Gasteiger partial charge in [0.15, 0.2) is 5.78 Å². The van der Waals surface area contributed by atoms with Crippen LogP contribution in [0.25, 0.3) is 6.08 Å². The number of ketones is 1. The third-order valence-electron chi connectivity index (χ3n) is 8.93. The number of carbonyl (C=O) groups is 1. The second-order valence-electron chi connectivity index (χ2n) is 10.4. The van der Waals surface area contributed by atoms with Crippen molar-refractivity contribution < 1.29 is 9.90 Å². The first-order chi connectivity index (χ1) is 13.8. The van der Waals surface area contributed by atoms with Gasteiger partial charge >= 0.3 is 0 Å². The minimum absolute atomic E-state index is 0.159. The summed E-state index contributed by atoms with van der Waals surface area (Å²) in [5.41, 5.74) is 3.67. The van der Waals surface area contributed by atoms with Gasteiger partial charge in [-0.1, -0.05) is 53.6 Å². The molecule has 29 heavy (non-hydrogen) atoms. The molecule has 1 aromatic carbocycles. The summed E-state index contributed by atoms with van der Waals surface area (Å²) >= 11 is 3.49. The smallest absolute Gasteiger partial charge is 0.165 e. The first-order valence-corrected chi connectivity index (χ1v) is 12.0. The summed E-state index contributed by atoms with van der Waals surface area (Å²) in [7, 11) is 0. The largest absolute Gasteiger partial charge is 0.393 e. The molecule has 2 nitrogen and oxygen atoms in total. The molecule has 1 aromatic rings. The number of halogens is 1. The number of rotatable bonds is 1. The van der Waals surface area contributed by atoms with Crippen LogP contribution in [0.15, 0.2) is 46.0 Å². The Balaban J connectivity index is 1.47. The maximum atomic E-state index is 13.5. The Morgan fingerprint density at radius 1 is 1.03 bits per heavy atom. The lowest BCUT2D eigenvalue weighted by molar-refractivity contribution is -0.130. The molecule has 6 atom stereocenters. The van der Waals surface area contributed by atoms with Crippen LogP contribution in [0.2, 0.25) is 0 Å². The van der Waals surface area contributed by atoms with Crippen LogP contribution in [0.1, 0.15) is 64.4 Å². The Bertz CT molecular complexity index is 898. The molecule has 0 spiro atoms. The minimum Gasteiger partial charge on any atom is -0.393 e. The zero-order valence-corrected chi connectivity index (χ0v) is 19.0. The van der Waals surface area contributed by atoms with Crippen molar-refractivity contribution >= 4 is 27.8 Å². The number of fused-ring (bicyclic) bond motifs is 5. The van der Waals surface area contributed by atoms with E-state index in [1.54, 1.807) is 0 Å². The fourth-order valence-corrected chi connectivity index (χ4v) is 7.47. The molecule has 1 N–H and O–H groups in total. The van der Waals surface area contributed by atoms with Gasteiger partial charge in [0.1, 0.15) is 0 Å². The number of carbonyl (C=O) groups excluding carboxylic acids is 1. The lowest BCUT2D eigenvalue weighted by Crippen LogP contribution is -2.50. The van der Waals surface area contributed by atoms with E-state index in [1.807, 2.05) is 12.1 Å². The predicted octanol–water partition coefficient (Wildman–Crippen LogP) is 6.34. The Kier molecular flexibility index (Phi) is 4.71. The van der Waals surface area contributed by atoms with Gasteiger partial charge in [-0.15, -0.1) is 0 Å². The van der Waals surface area contributed by atoms with Crippen molar-refractivity contribution in [3.05, 3.63) is 51.5 Å². The number of aliphatic hydroxyl groups is 1. The van der Waals surface area contributed by atoms with Gasteiger partial charge in [0, 0.05) is 9.89 Å². The van der Waals surface area contributed by atoms with Crippen LogP contribution in [-0.2, 0) is 4.79 Å². The van der Waals surface area contributed by atoms with Crippen molar-refractivity contribution in [2.24, 2.45) is 28.6 Å². The van der Waals surface area contributed by atoms with Crippen molar-refractivity contribution in [2.45, 2.75) is 64.9 Å². The molecule has 0 amide bonds. The van der Waals surface area contributed by atoms with E-state index in [4.69, 9.17) is 0 Å². The van der Waals surface area contributed by atoms with E-state index in [-0.39, 0.29) is 16.9 Å². The number of hydrogen-bond donors (Lipinski definition) is 1. The number of benzene rings is 1. The topological polar surface area (TPSA) is 37.3 Å². The first kappa shape index (κ1) is 19.8. The molecule has 0 radical (unpaired) electrons. The second-order valence-corrected chi connectivity index (χ2v) is 11.3. The Morgan fingerprint density at radius 3 is 2.52 bits per heavy atom. The Morgan fingerprint density at radius 2 is 1.76 bits per heavy atom. The van der Waals surface area contributed by atoms with Crippen molar-refractivity contribution in [2.75, 3.05) is 0 Å². The molecule has 4 aliphatic rings. The van der Waals surface area contributed by atoms with Gasteiger partial charge in [0.05, 0.1) is 6.10 Å². The van der Waals surface area contributed by atoms with Gasteiger partial charge in [-0.2, -0.15) is 0 Å². The first-order valence-electron chi connectivity index (χ1n) is 11.2. The van der Waals surface area contributed by atoms with Crippen LogP contribution in [0, 0.1) is 28.6 Å². The van der Waals surface area contributed by atoms with Gasteiger partial charge in [-0.3, -0.25) is 4.79 Å². The molecule has 0 saturated heterocycles. The molecule has 0 unspecified atom stereocenters. The van der Waals surface area contributed by atoms with Crippen LogP contribution in [0.5, 0.6) is 0 Å². The number of hydrogen-bond acceptors (Lipinski definition) is 2. The molecule has 3 fully saturated rings. The number of Topliss-reactive ketones (excluding diaryl/α,β-unsaturated/α-hetero) is 1. The van der Waals surface area contributed by atoms with Gasteiger partial charge in [0.25, 0.3) is 0 Å². The monoisotopic (exact) mass is 454 g/mol. The van der Waals surface area contributed by atoms with E-state index in [0.29, 0.717) is 23.5 Å². The summed E-state index contributed by atoms with van der Waals surface area (Å²) < 4.78 is 1.07. The predicted molar refractivity (Wildman–Crippen MR) is 120 cm³/mol. The van der Waals surface area contributed by atoms with Crippen LogP contribution >= 0.6 is 15.9 Å². The van der Waals surface area contributed by atoms with Crippen molar-refractivity contribution in [3.8, 4) is 0 Å². The highest BCUT2D eigenvalue weighted by Crippen LogP contribution is 2.64. The molecule has 3 heteroatoms. The highest BCUT2D eigenvalue weighted by molar-refractivity contribution is 9.10. The van der Waals surface area contributed by atoms with E-state index in [1.165, 1.54) is 5.57 Å². The number of aliphatic hydroxyl groups excluding tert-OH is 1. The summed E-state index contributed by atoms with van der Waals surface area (Å²) in [4.78, 5) is 13.5. The molecule has 154 valence electrons. The second kappa shape index (κ2) is 6.92. The van der Waals surface area contributed by atoms with E-state index >= 15 is 0 Å². The molecule has 0 heterocycles. The average molecular weight is 455 g/mol. The Labute approximate surface area is 182 Å². The summed E-state index contributed by atoms with van der Waals surface area (Å²) in [6, 6.07) is 8.26. The standard InChI is InChI=1S/C26H31BrO2/c1-25-11-9-20(28)15-18(25)5-8-21-22(25)10-12-26(2)23(21)14-17(24(26)29)13-16-3-6-19(27)7-4-16/h3-7,13,20-23,28H,8-12,14-15H2,1-2H3/b17-13+/t20-,21+,22-,23-,25+,26-/m1/s1. The van der Waals surface area contributed by atoms with E-state index in [2.05, 4.69) is 54.1 Å². The summed E-state index contributed by atoms with van der Waals surface area (Å²) in [6.07, 6.45) is 11.5. The van der Waals surface area contributed by atoms with E-state index in [0.717, 1.165) is 60.6 Å². The fourth-order valence-electron chi connectivity index (χ4n) is 7.20. The zero-order chi connectivity index (χ0) is 20.4. The maximum Gasteiger partial charge on any atom is 0.165 e. The summed E-state index contributed by atoms with van der Waals surface area (Å²) in [5.74, 6) is 2.10. The maximum absolute atomic E-state index is 13.5. The van der Waals surface area contributed by atoms with Crippen LogP contribution in [-0.4, -0.2) is 17.0 Å². The van der Waals surface area contributed by atoms with Gasteiger partial charge in [-0.25, -0.2) is 0 Å². The fraction of sp³-hybridized carbons (Fsp3) is 0.577. The molecular weight excluding hydrogens is 424 g/mol. The lowest BCUT2D eigenvalue weighted by atomic mass is 9.48. The van der Waals surface area contributed by atoms with E-state index in [9.17, 15) is 9.90 Å². The zero-order valence-electron chi connectivity index (χ0n) is 17.5. The lowest BCUT2D eigenvalue weighted by Gasteiger charge is -2.56. The normalized spacial score (nSPS) is 42.8. The van der Waals surface area contributed by atoms with Gasteiger partial charge in [0.2, 0.25) is 0 Å². The third kappa shape index (κ3) is 3.03. The van der Waals surface area contributed by atoms with Gasteiger partial charge in [-0.05, 0) is 97.5 Å². The van der Waals surface area contributed by atoms with Crippen LogP contribution in [0.3, 0.4) is 0 Å². The van der Waals surface area contributed by atoms with E-state index < -0.39 is 0 Å². The highest BCUT2D eigenvalue weighted by atomic mass is 79.9. The molecule has 3 saturated carbocycles. The molecule has 5 rings (SSSR count). The van der Waals surface area contributed by atoms with Crippen LogP contribution in [0.4, 0.5) is 0 Å². The highest BCUT2D eigenvalue weighted by Gasteiger charge is 2.59. The van der Waals surface area contributed by atoms with Crippen LogP contribution < -0.4 is 0 Å². The summed E-state index contributed by atoms with van der Waals surface area (Å²) in [6.45, 7) is 4.68. The quantitative estimate of drug-likeness (QED) is 0.397. The van der Waals surface area contributed by atoms with Crippen molar-refractivity contribution in [1.82, 2.24) is 0 Å². The SMILES string of the molecule is C[C@@]12CC[C@@H]3[C@H](CC=C4C[C@H](O)CC[C@@]43C)[C@H]1C/C(=C\c1ccc(Br)cc1)C2=O. The molecule has 0 aliphatic heterocycles. The molecule has 4 aliphatic carbocycles. The molecule has 0 aromatic heterocycles.